The first-order valence-electron chi connectivity index (χ1n) is 3.07. The first-order valence-corrected chi connectivity index (χ1v) is 3.07. The molecule has 1 N–H and O–H groups in total. The maximum Gasteiger partial charge on any atom is 0.364 e. The van der Waals surface area contributed by atoms with Crippen LogP contribution in [0.1, 0.15) is 0 Å². The Bertz CT molecular complexity index is 259. The van der Waals surface area contributed by atoms with E-state index in [2.05, 4.69) is 0 Å². The van der Waals surface area contributed by atoms with E-state index < -0.39 is 36.4 Å². The van der Waals surface area contributed by atoms with Crippen molar-refractivity contribution in [3.63, 3.8) is 0 Å². The van der Waals surface area contributed by atoms with Crippen LogP contribution in [0.2, 0.25) is 0 Å². The second-order valence-corrected chi connectivity index (χ2v) is 2.26. The van der Waals surface area contributed by atoms with Crippen LogP contribution in [0.3, 0.4) is 0 Å². The van der Waals surface area contributed by atoms with Crippen LogP contribution in [-0.4, -0.2) is 29.6 Å². The minimum absolute atomic E-state index is 1.13. The molecule has 0 aromatic heterocycles. The molecule has 0 aliphatic rings. The average Bonchev–Trinajstić information content (AvgIpc) is 2.03. The van der Waals surface area contributed by atoms with Gasteiger partial charge < -0.3 is 5.11 Å². The van der Waals surface area contributed by atoms with Gasteiger partial charge in [0.1, 0.15) is 0 Å². The molecule has 82 valence electrons. The number of aliphatic carboxylic acids is 1. The second-order valence-electron chi connectivity index (χ2n) is 2.26. The van der Waals surface area contributed by atoms with E-state index in [1.807, 2.05) is 0 Å². The van der Waals surface area contributed by atoms with Crippen LogP contribution in [0.4, 0.5) is 26.3 Å². The van der Waals surface area contributed by atoms with Gasteiger partial charge in [-0.2, -0.15) is 22.0 Å². The zero-order chi connectivity index (χ0) is 11.6. The molecule has 0 saturated carbocycles. The topological polar surface area (TPSA) is 37.3 Å². The molecule has 8 heteroatoms. The highest BCUT2D eigenvalue weighted by atomic mass is 19.3. The molecule has 2 nitrogen and oxygen atoms in total. The Labute approximate surface area is 73.8 Å². The molecular formula is C6H4F6O2. The molecule has 0 radical (unpaired) electrons. The maximum atomic E-state index is 12.2. The van der Waals surface area contributed by atoms with Crippen LogP contribution in [0.25, 0.3) is 0 Å². The lowest BCUT2D eigenvalue weighted by molar-refractivity contribution is -0.188. The Morgan fingerprint density at radius 1 is 1.29 bits per heavy atom. The zero-order valence-corrected chi connectivity index (χ0v) is 6.41. The van der Waals surface area contributed by atoms with E-state index in [0.29, 0.717) is 0 Å². The van der Waals surface area contributed by atoms with Gasteiger partial charge >= 0.3 is 17.8 Å². The monoisotopic (exact) mass is 222 g/mol. The summed E-state index contributed by atoms with van der Waals surface area (Å²) in [4.78, 5) is 9.68. The summed E-state index contributed by atoms with van der Waals surface area (Å²) in [6, 6.07) is 0. The highest BCUT2D eigenvalue weighted by Crippen LogP contribution is 2.36. The van der Waals surface area contributed by atoms with Crippen molar-refractivity contribution in [1.82, 2.24) is 0 Å². The zero-order valence-electron chi connectivity index (χ0n) is 6.41. The van der Waals surface area contributed by atoms with E-state index in [4.69, 9.17) is 5.11 Å². The Morgan fingerprint density at radius 2 is 1.71 bits per heavy atom. The van der Waals surface area contributed by atoms with Crippen molar-refractivity contribution >= 4 is 5.97 Å². The molecule has 0 amide bonds. The van der Waals surface area contributed by atoms with Gasteiger partial charge in [0.25, 0.3) is 0 Å². The predicted octanol–water partition coefficient (Wildman–Crippen LogP) is 2.16. The highest BCUT2D eigenvalue weighted by Gasteiger charge is 2.55. The van der Waals surface area contributed by atoms with Crippen LogP contribution in [-0.2, 0) is 4.79 Å². The number of hydrogen-bond acceptors (Lipinski definition) is 1. The standard InChI is InChI=1S/C6H4F6O2/c7-2-6(11,12)5(9,10)1-3(8)4(13)14/h1H,2H2,(H,13,14). The SMILES string of the molecule is O=C(O)C(F)=CC(F)(F)C(F)(F)CF. The van der Waals surface area contributed by atoms with Gasteiger partial charge in [-0.3, -0.25) is 0 Å². The number of hydrogen-bond donors (Lipinski definition) is 1. The highest BCUT2D eigenvalue weighted by molar-refractivity contribution is 5.84. The van der Waals surface area contributed by atoms with Crippen molar-refractivity contribution in [1.29, 1.82) is 0 Å². The molecule has 0 spiro atoms. The summed E-state index contributed by atoms with van der Waals surface area (Å²) >= 11 is 0. The molecular weight excluding hydrogens is 218 g/mol. The lowest BCUT2D eigenvalue weighted by atomic mass is 10.1. The third kappa shape index (κ3) is 2.64. The third-order valence-electron chi connectivity index (χ3n) is 1.17. The Balaban J connectivity index is 4.98. The smallest absolute Gasteiger partial charge is 0.364 e. The van der Waals surface area contributed by atoms with Crippen LogP contribution in [0, 0.1) is 0 Å². The van der Waals surface area contributed by atoms with Gasteiger partial charge in [0.15, 0.2) is 6.67 Å². The molecule has 0 rings (SSSR count). The fourth-order valence-corrected chi connectivity index (χ4v) is 0.416. The molecule has 0 heterocycles. The fourth-order valence-electron chi connectivity index (χ4n) is 0.416. The molecule has 14 heavy (non-hydrogen) atoms. The summed E-state index contributed by atoms with van der Waals surface area (Å²) in [5.74, 6) is -15.2. The number of carbonyl (C=O) groups is 1. The number of alkyl halides is 5. The molecule has 0 aromatic rings. The largest absolute Gasteiger partial charge is 0.476 e. The van der Waals surface area contributed by atoms with Crippen molar-refractivity contribution in [2.24, 2.45) is 0 Å². The quantitative estimate of drug-likeness (QED) is 0.584. The summed E-state index contributed by atoms with van der Waals surface area (Å²) in [6.07, 6.45) is -1.13. The van der Waals surface area contributed by atoms with Gasteiger partial charge in [-0.1, -0.05) is 0 Å². The van der Waals surface area contributed by atoms with Crippen molar-refractivity contribution in [3.8, 4) is 0 Å². The lowest BCUT2D eigenvalue weighted by Crippen LogP contribution is -2.41. The van der Waals surface area contributed by atoms with Gasteiger partial charge in [-0.15, -0.1) is 0 Å². The number of halogens is 6. The third-order valence-corrected chi connectivity index (χ3v) is 1.17. The van der Waals surface area contributed by atoms with E-state index in [1.165, 1.54) is 0 Å². The Hall–Kier alpha value is -1.21. The van der Waals surface area contributed by atoms with Crippen LogP contribution < -0.4 is 0 Å². The van der Waals surface area contributed by atoms with Crippen molar-refractivity contribution in [3.05, 3.63) is 11.9 Å². The predicted molar refractivity (Wildman–Crippen MR) is 32.7 cm³/mol. The molecule has 0 unspecified atom stereocenters. The van der Waals surface area contributed by atoms with Crippen molar-refractivity contribution in [2.45, 2.75) is 11.8 Å². The lowest BCUT2D eigenvalue weighted by Gasteiger charge is -2.20. The number of allylic oxidation sites excluding steroid dienone is 1. The van der Waals surface area contributed by atoms with Crippen LogP contribution in [0.15, 0.2) is 11.9 Å². The minimum Gasteiger partial charge on any atom is -0.476 e. The van der Waals surface area contributed by atoms with Crippen molar-refractivity contribution < 1.29 is 36.2 Å². The van der Waals surface area contributed by atoms with E-state index in [1.54, 1.807) is 0 Å². The van der Waals surface area contributed by atoms with E-state index in [-0.39, 0.29) is 0 Å². The molecule has 0 aliphatic carbocycles. The van der Waals surface area contributed by atoms with Gasteiger partial charge in [0, 0.05) is 6.08 Å². The second kappa shape index (κ2) is 3.89. The van der Waals surface area contributed by atoms with Crippen LogP contribution in [0.5, 0.6) is 0 Å². The van der Waals surface area contributed by atoms with E-state index in [9.17, 15) is 31.1 Å². The maximum absolute atomic E-state index is 12.2. The van der Waals surface area contributed by atoms with Crippen LogP contribution >= 0.6 is 0 Å². The molecule has 0 aliphatic heterocycles. The Kier molecular flexibility index (Phi) is 3.55. The molecule has 0 atom stereocenters. The number of carboxylic acid groups (broad SMARTS) is 1. The first-order chi connectivity index (χ1) is 6.14. The summed E-state index contributed by atoms with van der Waals surface area (Å²) in [7, 11) is 0. The van der Waals surface area contributed by atoms with Gasteiger partial charge in [0.05, 0.1) is 0 Å². The fraction of sp³-hybridized carbons (Fsp3) is 0.500. The van der Waals surface area contributed by atoms with E-state index >= 15 is 0 Å². The summed E-state index contributed by atoms with van der Waals surface area (Å²) in [6.45, 7) is -2.72. The van der Waals surface area contributed by atoms with Gasteiger partial charge in [0.2, 0.25) is 5.83 Å². The van der Waals surface area contributed by atoms with Crippen molar-refractivity contribution in [2.75, 3.05) is 6.67 Å². The average molecular weight is 222 g/mol. The Morgan fingerprint density at radius 3 is 2.00 bits per heavy atom. The summed E-state index contributed by atoms with van der Waals surface area (Å²) < 4.78 is 71.9. The number of rotatable bonds is 4. The van der Waals surface area contributed by atoms with Gasteiger partial charge in [-0.25, -0.2) is 9.18 Å². The minimum atomic E-state index is -5.18. The van der Waals surface area contributed by atoms with E-state index in [0.717, 1.165) is 0 Å². The summed E-state index contributed by atoms with van der Waals surface area (Å²) in [5, 5.41) is 7.77. The number of carboxylic acids is 1. The normalized spacial score (nSPS) is 14.3. The molecule has 0 fully saturated rings. The molecule has 0 saturated heterocycles. The van der Waals surface area contributed by atoms with Gasteiger partial charge in [-0.05, 0) is 0 Å². The first kappa shape index (κ1) is 12.8. The summed E-state index contributed by atoms with van der Waals surface area (Å²) in [5.41, 5.74) is 0. The molecule has 0 aromatic carbocycles. The molecule has 0 bridgehead atoms.